The quantitative estimate of drug-likeness (QED) is 0.447. The fourth-order valence-corrected chi connectivity index (χ4v) is 2.20. The van der Waals surface area contributed by atoms with E-state index in [1.165, 1.54) is 6.42 Å². The third-order valence-corrected chi connectivity index (χ3v) is 2.56. The van der Waals surface area contributed by atoms with E-state index in [0.29, 0.717) is 0 Å². The first-order valence-electron chi connectivity index (χ1n) is 3.78. The van der Waals surface area contributed by atoms with Gasteiger partial charge in [0.25, 0.3) is 0 Å². The minimum Gasteiger partial charge on any atom is -0.219 e. The zero-order valence-corrected chi connectivity index (χ0v) is 6.33. The van der Waals surface area contributed by atoms with Gasteiger partial charge in [-0.15, -0.1) is 0 Å². The summed E-state index contributed by atoms with van der Waals surface area (Å²) in [5, 5.41) is 4.93. The van der Waals surface area contributed by atoms with Gasteiger partial charge in [-0.1, -0.05) is 0 Å². The fraction of sp³-hybridized carbons (Fsp3) is 1.00. The zero-order valence-electron chi connectivity index (χ0n) is 6.33. The minimum absolute atomic E-state index is 0.740. The highest BCUT2D eigenvalue weighted by atomic mass is 15.9. The van der Waals surface area contributed by atoms with E-state index in [4.69, 9.17) is 0 Å². The first-order chi connectivity index (χ1) is 4.22. The van der Waals surface area contributed by atoms with Crippen LogP contribution < -0.4 is 0 Å². The number of rotatable bonds is 0. The van der Waals surface area contributed by atoms with Crippen molar-refractivity contribution >= 4 is 0 Å². The summed E-state index contributed by atoms with van der Waals surface area (Å²) in [6, 6.07) is 1.60. The second-order valence-electron chi connectivity index (χ2n) is 3.33. The average molecular weight is 126 g/mol. The molecule has 9 heavy (non-hydrogen) atoms. The molecule has 2 aliphatic heterocycles. The van der Waals surface area contributed by atoms with E-state index in [2.05, 4.69) is 30.8 Å². The van der Waals surface area contributed by atoms with E-state index in [1.54, 1.807) is 0 Å². The summed E-state index contributed by atoms with van der Waals surface area (Å²) >= 11 is 0. The van der Waals surface area contributed by atoms with Crippen LogP contribution in [0.4, 0.5) is 0 Å². The van der Waals surface area contributed by atoms with Crippen LogP contribution in [0.15, 0.2) is 0 Å². The Morgan fingerprint density at radius 1 is 1.00 bits per heavy atom. The van der Waals surface area contributed by atoms with Crippen LogP contribution >= 0.6 is 0 Å². The molecule has 0 spiro atoms. The maximum Gasteiger partial charge on any atom is 0.0872 e. The van der Waals surface area contributed by atoms with Gasteiger partial charge >= 0.3 is 0 Å². The van der Waals surface area contributed by atoms with Crippen LogP contribution in [0.1, 0.15) is 27.2 Å². The third-order valence-electron chi connectivity index (χ3n) is 2.56. The Morgan fingerprint density at radius 2 is 1.44 bits per heavy atom. The molecular weight excluding hydrogens is 112 g/mol. The lowest BCUT2D eigenvalue weighted by Gasteiger charge is -2.06. The van der Waals surface area contributed by atoms with E-state index in [9.17, 15) is 0 Å². The van der Waals surface area contributed by atoms with Crippen LogP contribution in [0.25, 0.3) is 0 Å². The standard InChI is InChI=1S/C7H14N2/c1-5-4-6(2)9-7(3)8(5)9/h5-7H,4H2,1-3H3/t5-,6+,7?,8?,9?. The first-order valence-corrected chi connectivity index (χ1v) is 3.78. The third kappa shape index (κ3) is 0.578. The summed E-state index contributed by atoms with van der Waals surface area (Å²) in [6.07, 6.45) is 2.09. The number of hydrogen-bond acceptors (Lipinski definition) is 2. The Labute approximate surface area is 56.4 Å². The van der Waals surface area contributed by atoms with Gasteiger partial charge in [0.15, 0.2) is 0 Å². The van der Waals surface area contributed by atoms with Crippen LogP contribution in [0.2, 0.25) is 0 Å². The molecule has 0 aromatic rings. The molecule has 0 amide bonds. The summed E-state index contributed by atoms with van der Waals surface area (Å²) in [7, 11) is 0. The molecule has 0 radical (unpaired) electrons. The van der Waals surface area contributed by atoms with Crippen molar-refractivity contribution in [3.63, 3.8) is 0 Å². The maximum absolute atomic E-state index is 2.46. The molecule has 2 aliphatic rings. The van der Waals surface area contributed by atoms with Gasteiger partial charge in [0.05, 0.1) is 6.17 Å². The second-order valence-corrected chi connectivity index (χ2v) is 3.33. The molecule has 2 heterocycles. The molecule has 52 valence electrons. The summed E-state index contributed by atoms with van der Waals surface area (Å²) < 4.78 is 0. The van der Waals surface area contributed by atoms with E-state index in [0.717, 1.165) is 18.2 Å². The van der Waals surface area contributed by atoms with E-state index in [-0.39, 0.29) is 0 Å². The summed E-state index contributed by atoms with van der Waals surface area (Å²) in [5.41, 5.74) is 0. The summed E-state index contributed by atoms with van der Waals surface area (Å²) in [6.45, 7) is 6.88. The summed E-state index contributed by atoms with van der Waals surface area (Å²) in [5.74, 6) is 0. The number of hydrazine groups is 1. The molecule has 0 N–H and O–H groups in total. The zero-order chi connectivity index (χ0) is 6.59. The fourth-order valence-electron chi connectivity index (χ4n) is 2.20. The SMILES string of the molecule is CC1N2[C@H](C)C[C@H](C)N12. The molecule has 5 atom stereocenters. The van der Waals surface area contributed by atoms with Crippen molar-refractivity contribution in [3.05, 3.63) is 0 Å². The lowest BCUT2D eigenvalue weighted by atomic mass is 10.1. The van der Waals surface area contributed by atoms with Gasteiger partial charge in [0.1, 0.15) is 0 Å². The molecule has 0 aromatic carbocycles. The van der Waals surface area contributed by atoms with Gasteiger partial charge in [-0.2, -0.15) is 0 Å². The molecule has 0 aliphatic carbocycles. The molecule has 2 fully saturated rings. The Hall–Kier alpha value is -0.0800. The molecule has 0 saturated carbocycles. The predicted molar refractivity (Wildman–Crippen MR) is 36.7 cm³/mol. The van der Waals surface area contributed by atoms with Crippen molar-refractivity contribution in [1.82, 2.24) is 10.0 Å². The molecule has 0 aromatic heterocycles. The minimum atomic E-state index is 0.740. The first kappa shape index (κ1) is 5.69. The average Bonchev–Trinajstić information content (AvgIpc) is 2.30. The molecule has 3 unspecified atom stereocenters. The number of fused-ring (bicyclic) bond motifs is 1. The second kappa shape index (κ2) is 1.50. The molecule has 0 bridgehead atoms. The summed E-state index contributed by atoms with van der Waals surface area (Å²) in [4.78, 5) is 0. The van der Waals surface area contributed by atoms with Crippen molar-refractivity contribution < 1.29 is 0 Å². The Kier molecular flexibility index (Phi) is 0.945. The molecule has 2 saturated heterocycles. The van der Waals surface area contributed by atoms with Crippen LogP contribution in [0.3, 0.4) is 0 Å². The van der Waals surface area contributed by atoms with Crippen LogP contribution in [0.5, 0.6) is 0 Å². The number of nitrogens with zero attached hydrogens (tertiary/aromatic N) is 2. The van der Waals surface area contributed by atoms with Crippen molar-refractivity contribution in [2.75, 3.05) is 0 Å². The molecule has 2 nitrogen and oxygen atoms in total. The van der Waals surface area contributed by atoms with E-state index in [1.807, 2.05) is 0 Å². The lowest BCUT2D eigenvalue weighted by Crippen LogP contribution is -2.16. The van der Waals surface area contributed by atoms with Crippen molar-refractivity contribution in [2.45, 2.75) is 45.4 Å². The van der Waals surface area contributed by atoms with E-state index >= 15 is 0 Å². The Balaban J connectivity index is 2.10. The smallest absolute Gasteiger partial charge is 0.0872 e. The van der Waals surface area contributed by atoms with Gasteiger partial charge < -0.3 is 0 Å². The maximum atomic E-state index is 2.46. The highest BCUT2D eigenvalue weighted by molar-refractivity contribution is 4.95. The number of hydrogen-bond donors (Lipinski definition) is 0. The highest BCUT2D eigenvalue weighted by Gasteiger charge is 2.52. The van der Waals surface area contributed by atoms with Crippen molar-refractivity contribution in [2.24, 2.45) is 0 Å². The van der Waals surface area contributed by atoms with Crippen LogP contribution in [-0.2, 0) is 0 Å². The Morgan fingerprint density at radius 3 is 1.67 bits per heavy atom. The lowest BCUT2D eigenvalue weighted by molar-refractivity contribution is 0.326. The van der Waals surface area contributed by atoms with Gasteiger partial charge in [0, 0.05) is 12.1 Å². The van der Waals surface area contributed by atoms with Gasteiger partial charge in [-0.3, -0.25) is 0 Å². The van der Waals surface area contributed by atoms with E-state index < -0.39 is 0 Å². The predicted octanol–water partition coefficient (Wildman–Crippen LogP) is 1.05. The molecule has 2 heteroatoms. The Bertz CT molecular complexity index is 121. The largest absolute Gasteiger partial charge is 0.219 e. The normalized spacial score (nSPS) is 63.7. The topological polar surface area (TPSA) is 6.02 Å². The van der Waals surface area contributed by atoms with Crippen molar-refractivity contribution in [1.29, 1.82) is 0 Å². The van der Waals surface area contributed by atoms with Crippen LogP contribution in [0, 0.1) is 0 Å². The van der Waals surface area contributed by atoms with Gasteiger partial charge in [-0.25, -0.2) is 10.0 Å². The van der Waals surface area contributed by atoms with Gasteiger partial charge in [0.2, 0.25) is 0 Å². The molecular formula is C7H14N2. The molecule has 2 rings (SSSR count). The van der Waals surface area contributed by atoms with Crippen molar-refractivity contribution in [3.8, 4) is 0 Å². The highest BCUT2D eigenvalue weighted by Crippen LogP contribution is 2.40. The van der Waals surface area contributed by atoms with Crippen LogP contribution in [-0.4, -0.2) is 28.3 Å². The monoisotopic (exact) mass is 126 g/mol. The van der Waals surface area contributed by atoms with Gasteiger partial charge in [-0.05, 0) is 27.2 Å².